The zero-order valence-corrected chi connectivity index (χ0v) is 23.1. The smallest absolute Gasteiger partial charge is 0.186 e. The summed E-state index contributed by atoms with van der Waals surface area (Å²) in [6.07, 6.45) is -4.40. The first-order valence-electron chi connectivity index (χ1n) is 13.6. The number of aromatic hydroxyl groups is 2. The Balaban J connectivity index is 1.85. The first kappa shape index (κ1) is 31.4. The zero-order chi connectivity index (χ0) is 30.0. The molecule has 1 aliphatic carbocycles. The predicted octanol–water partition coefficient (Wildman–Crippen LogP) is -0.412. The Labute approximate surface area is 237 Å². The van der Waals surface area contributed by atoms with Gasteiger partial charge in [-0.15, -0.1) is 0 Å². The quantitative estimate of drug-likeness (QED) is 0.176. The Morgan fingerprint density at radius 2 is 1.56 bits per heavy atom. The summed E-state index contributed by atoms with van der Waals surface area (Å²) in [7, 11) is 1.36. The summed E-state index contributed by atoms with van der Waals surface area (Å²) in [5, 5.41) is 93.0. The van der Waals surface area contributed by atoms with Gasteiger partial charge in [0.1, 0.15) is 11.9 Å². The Hall–Kier alpha value is -2.52. The highest BCUT2D eigenvalue weighted by atomic mass is 16.7. The van der Waals surface area contributed by atoms with Gasteiger partial charge in [-0.05, 0) is 53.1 Å². The Morgan fingerprint density at radius 3 is 2.15 bits per heavy atom. The van der Waals surface area contributed by atoms with Gasteiger partial charge in [-0.3, -0.25) is 0 Å². The summed E-state index contributed by atoms with van der Waals surface area (Å²) in [6.45, 7) is -0.718. The van der Waals surface area contributed by atoms with E-state index in [9.17, 15) is 46.0 Å². The van der Waals surface area contributed by atoms with Gasteiger partial charge < -0.3 is 60.2 Å². The molecule has 0 radical (unpaired) electrons. The molecule has 8 atom stereocenters. The maximum absolute atomic E-state index is 10.9. The number of methoxy groups -OCH3 is 1. The molecule has 2 aromatic carbocycles. The highest BCUT2D eigenvalue weighted by Crippen LogP contribution is 2.50. The molecule has 2 unspecified atom stereocenters. The van der Waals surface area contributed by atoms with Crippen LogP contribution in [0.3, 0.4) is 0 Å². The van der Waals surface area contributed by atoms with Crippen molar-refractivity contribution in [3.63, 3.8) is 0 Å². The fraction of sp³-hybridized carbons (Fsp3) is 0.586. The molecule has 0 spiro atoms. The average Bonchev–Trinajstić information content (AvgIpc) is 2.98. The van der Waals surface area contributed by atoms with Crippen molar-refractivity contribution >= 4 is 0 Å². The second-order valence-corrected chi connectivity index (χ2v) is 10.8. The molecule has 4 rings (SSSR count). The lowest BCUT2D eigenvalue weighted by Crippen LogP contribution is -2.55. The van der Waals surface area contributed by atoms with Crippen LogP contribution in [0.15, 0.2) is 18.2 Å². The van der Waals surface area contributed by atoms with E-state index in [4.69, 9.17) is 14.2 Å². The molecule has 0 saturated carbocycles. The zero-order valence-electron chi connectivity index (χ0n) is 23.1. The van der Waals surface area contributed by atoms with Crippen LogP contribution in [0.25, 0.3) is 0 Å². The van der Waals surface area contributed by atoms with Crippen LogP contribution in [0.5, 0.6) is 17.2 Å². The lowest BCUT2D eigenvalue weighted by Gasteiger charge is -2.44. The topological polar surface area (TPSA) is 210 Å². The van der Waals surface area contributed by atoms with Crippen molar-refractivity contribution in [2.24, 2.45) is 17.8 Å². The van der Waals surface area contributed by atoms with Crippen LogP contribution in [0.4, 0.5) is 0 Å². The van der Waals surface area contributed by atoms with Gasteiger partial charge in [0.05, 0.1) is 52.4 Å². The summed E-state index contributed by atoms with van der Waals surface area (Å²) >= 11 is 0. The van der Waals surface area contributed by atoms with Gasteiger partial charge in [0, 0.05) is 35.1 Å². The summed E-state index contributed by atoms with van der Waals surface area (Å²) < 4.78 is 17.1. The maximum atomic E-state index is 10.9. The molecule has 0 amide bonds. The number of hydrogen-bond donors (Lipinski definition) is 9. The van der Waals surface area contributed by atoms with Crippen LogP contribution < -0.4 is 4.74 Å². The van der Waals surface area contributed by atoms with E-state index in [0.717, 1.165) is 0 Å². The molecule has 1 heterocycles. The molecule has 2 aliphatic rings. The van der Waals surface area contributed by atoms with Crippen molar-refractivity contribution in [1.82, 2.24) is 0 Å². The van der Waals surface area contributed by atoms with Crippen molar-refractivity contribution in [2.45, 2.75) is 63.7 Å². The van der Waals surface area contributed by atoms with Crippen LogP contribution in [-0.4, -0.2) is 97.5 Å². The van der Waals surface area contributed by atoms with Crippen molar-refractivity contribution in [3.8, 4) is 17.2 Å². The number of hydrogen-bond acceptors (Lipinski definition) is 12. The summed E-state index contributed by atoms with van der Waals surface area (Å²) in [5.74, 6) is -2.72. The number of benzene rings is 2. The van der Waals surface area contributed by atoms with E-state index in [0.29, 0.717) is 23.1 Å². The van der Waals surface area contributed by atoms with Crippen molar-refractivity contribution < 1.29 is 60.2 Å². The van der Waals surface area contributed by atoms with Crippen molar-refractivity contribution in [3.05, 3.63) is 51.6 Å². The minimum atomic E-state index is -1.41. The molecule has 1 saturated heterocycles. The SMILES string of the molecule is COc1cc([C@H]2c3c(cc(CO)c(O)c3CO)C[C@H](CO)[C@@H]2CO[C@@H]2OC(CO)[C@@H](C)[C@H](O)C2O)cc(CO)c1O. The van der Waals surface area contributed by atoms with Gasteiger partial charge in [0.25, 0.3) is 0 Å². The lowest BCUT2D eigenvalue weighted by molar-refractivity contribution is -0.291. The van der Waals surface area contributed by atoms with Crippen molar-refractivity contribution in [1.29, 1.82) is 0 Å². The third-order valence-corrected chi connectivity index (χ3v) is 8.62. The highest BCUT2D eigenvalue weighted by molar-refractivity contribution is 5.57. The maximum Gasteiger partial charge on any atom is 0.186 e. The standard InChI is InChI=1S/C29H40O12/c1-13-22(11-34)41-29(28(38)25(13)35)40-12-20-16(7-30)3-14-4-17(8-31)26(36)19(10-33)23(14)24(20)15-5-18(9-32)27(37)21(6-15)39-2/h4-6,13,16,20,22,24-25,28-38H,3,7-12H2,1-2H3/t13-,16-,20+,22?,24-,25+,28?,29-/m1/s1. The average molecular weight is 581 g/mol. The minimum absolute atomic E-state index is 0.0783. The van der Waals surface area contributed by atoms with E-state index in [1.165, 1.54) is 7.11 Å². The van der Waals surface area contributed by atoms with Gasteiger partial charge in [-0.25, -0.2) is 0 Å². The van der Waals surface area contributed by atoms with Gasteiger partial charge in [-0.1, -0.05) is 6.92 Å². The Morgan fingerprint density at radius 1 is 0.878 bits per heavy atom. The first-order valence-corrected chi connectivity index (χ1v) is 13.6. The minimum Gasteiger partial charge on any atom is -0.507 e. The van der Waals surface area contributed by atoms with E-state index >= 15 is 0 Å². The number of rotatable bonds is 10. The highest BCUT2D eigenvalue weighted by Gasteiger charge is 2.45. The third kappa shape index (κ3) is 5.76. The van der Waals surface area contributed by atoms with Crippen LogP contribution in [-0.2, 0) is 35.7 Å². The van der Waals surface area contributed by atoms with Crippen molar-refractivity contribution in [2.75, 3.05) is 26.9 Å². The van der Waals surface area contributed by atoms with Gasteiger partial charge >= 0.3 is 0 Å². The Kier molecular flexibility index (Phi) is 10.1. The van der Waals surface area contributed by atoms with E-state index < -0.39 is 74.7 Å². The monoisotopic (exact) mass is 580 g/mol. The molecular formula is C29H40O12. The number of ether oxygens (including phenoxy) is 3. The number of phenols is 2. The second-order valence-electron chi connectivity index (χ2n) is 10.8. The van der Waals surface area contributed by atoms with Crippen LogP contribution in [0, 0.1) is 17.8 Å². The van der Waals surface area contributed by atoms with E-state index in [2.05, 4.69) is 0 Å². The van der Waals surface area contributed by atoms with Gasteiger partial charge in [-0.2, -0.15) is 0 Å². The second kappa shape index (κ2) is 13.2. The normalized spacial score (nSPS) is 29.8. The fourth-order valence-corrected chi connectivity index (χ4v) is 6.24. The molecule has 0 aromatic heterocycles. The summed E-state index contributed by atoms with van der Waals surface area (Å²) in [5.41, 5.74) is 2.29. The largest absolute Gasteiger partial charge is 0.507 e. The van der Waals surface area contributed by atoms with E-state index in [1.807, 2.05) is 0 Å². The van der Waals surface area contributed by atoms with E-state index in [-0.39, 0.29) is 47.2 Å². The number of aliphatic hydroxyl groups is 7. The van der Waals surface area contributed by atoms with Gasteiger partial charge in [0.2, 0.25) is 0 Å². The first-order chi connectivity index (χ1) is 19.6. The predicted molar refractivity (Wildman–Crippen MR) is 143 cm³/mol. The number of fused-ring (bicyclic) bond motifs is 1. The Bertz CT molecular complexity index is 1180. The molecule has 41 heavy (non-hydrogen) atoms. The molecule has 2 aromatic rings. The van der Waals surface area contributed by atoms with Crippen LogP contribution in [0.1, 0.15) is 46.2 Å². The fourth-order valence-electron chi connectivity index (χ4n) is 6.24. The molecule has 12 nitrogen and oxygen atoms in total. The lowest BCUT2D eigenvalue weighted by atomic mass is 9.65. The van der Waals surface area contributed by atoms with E-state index in [1.54, 1.807) is 25.1 Å². The molecule has 1 fully saturated rings. The molecule has 228 valence electrons. The summed E-state index contributed by atoms with van der Waals surface area (Å²) in [4.78, 5) is 0. The molecular weight excluding hydrogens is 540 g/mol. The van der Waals surface area contributed by atoms with Crippen LogP contribution in [0.2, 0.25) is 0 Å². The van der Waals surface area contributed by atoms with Crippen LogP contribution >= 0.6 is 0 Å². The molecule has 9 N–H and O–H groups in total. The molecule has 0 bridgehead atoms. The molecule has 1 aliphatic heterocycles. The summed E-state index contributed by atoms with van der Waals surface area (Å²) in [6, 6.07) is 4.75. The van der Waals surface area contributed by atoms with Gasteiger partial charge in [0.15, 0.2) is 17.8 Å². The number of aliphatic hydroxyl groups excluding tert-OH is 7. The molecule has 12 heteroatoms. The third-order valence-electron chi connectivity index (χ3n) is 8.62.